The van der Waals surface area contributed by atoms with Gasteiger partial charge < -0.3 is 0 Å². The van der Waals surface area contributed by atoms with Gasteiger partial charge in [-0.25, -0.2) is 0 Å². The fourth-order valence-electron chi connectivity index (χ4n) is 2.02. The van der Waals surface area contributed by atoms with Crippen LogP contribution in [0, 0.1) is 13.8 Å². The molecule has 0 radical (unpaired) electrons. The minimum Gasteiger partial charge on any atom is -0.0840 e. The van der Waals surface area contributed by atoms with E-state index in [1.807, 2.05) is 0 Å². The molecule has 0 heterocycles. The van der Waals surface area contributed by atoms with Gasteiger partial charge in [-0.15, -0.1) is 0 Å². The van der Waals surface area contributed by atoms with Crippen molar-refractivity contribution in [2.75, 3.05) is 0 Å². The smallest absolute Gasteiger partial charge is 0.0444 e. The highest BCUT2D eigenvalue weighted by Crippen LogP contribution is 2.28. The van der Waals surface area contributed by atoms with Crippen LogP contribution in [0.15, 0.2) is 36.4 Å². The van der Waals surface area contributed by atoms with E-state index in [0.29, 0.717) is 0 Å². The molecule has 2 aromatic rings. The Labute approximate surface area is 108 Å². The molecule has 0 aliphatic heterocycles. The molecule has 0 saturated carbocycles. The van der Waals surface area contributed by atoms with Crippen molar-refractivity contribution in [2.45, 2.75) is 27.2 Å². The van der Waals surface area contributed by atoms with Crippen LogP contribution in [0.25, 0.3) is 11.1 Å². The summed E-state index contributed by atoms with van der Waals surface area (Å²) in [5, 5.41) is 0.861. The lowest BCUT2D eigenvalue weighted by Gasteiger charge is -2.10. The van der Waals surface area contributed by atoms with Gasteiger partial charge >= 0.3 is 0 Å². The van der Waals surface area contributed by atoms with Crippen molar-refractivity contribution in [2.24, 2.45) is 0 Å². The summed E-state index contributed by atoms with van der Waals surface area (Å²) in [6.07, 6.45) is 1.02. The summed E-state index contributed by atoms with van der Waals surface area (Å²) in [7, 11) is 0. The number of hydrogen-bond acceptors (Lipinski definition) is 0. The van der Waals surface area contributed by atoms with Crippen LogP contribution in [0.5, 0.6) is 0 Å². The zero-order valence-corrected chi connectivity index (χ0v) is 11.3. The standard InChI is InChI=1S/C16H17Cl/c1-4-13-9-15(10-16(17)12(13)3)14-7-5-11(2)6-8-14/h5-10H,4H2,1-3H3. The first kappa shape index (κ1) is 12.2. The van der Waals surface area contributed by atoms with Crippen LogP contribution >= 0.6 is 11.6 Å². The summed E-state index contributed by atoms with van der Waals surface area (Å²) in [6, 6.07) is 12.9. The zero-order chi connectivity index (χ0) is 12.4. The summed E-state index contributed by atoms with van der Waals surface area (Å²) in [5.74, 6) is 0. The van der Waals surface area contributed by atoms with Gasteiger partial charge in [0.25, 0.3) is 0 Å². The minimum absolute atomic E-state index is 0.861. The second kappa shape index (κ2) is 4.93. The molecule has 0 unspecified atom stereocenters. The molecule has 2 aromatic carbocycles. The quantitative estimate of drug-likeness (QED) is 0.682. The van der Waals surface area contributed by atoms with E-state index in [4.69, 9.17) is 11.6 Å². The maximum atomic E-state index is 6.28. The van der Waals surface area contributed by atoms with Crippen molar-refractivity contribution < 1.29 is 0 Å². The number of aryl methyl sites for hydroxylation is 2. The average Bonchev–Trinajstić information content (AvgIpc) is 2.33. The van der Waals surface area contributed by atoms with Gasteiger partial charge in [-0.2, -0.15) is 0 Å². The van der Waals surface area contributed by atoms with E-state index in [1.54, 1.807) is 0 Å². The fourth-order valence-corrected chi connectivity index (χ4v) is 2.25. The summed E-state index contributed by atoms with van der Waals surface area (Å²) in [6.45, 7) is 6.35. The molecule has 0 N–H and O–H groups in total. The van der Waals surface area contributed by atoms with Crippen molar-refractivity contribution in [3.8, 4) is 11.1 Å². The Bertz CT molecular complexity index is 524. The Morgan fingerprint density at radius 1 is 0.941 bits per heavy atom. The molecular weight excluding hydrogens is 228 g/mol. The van der Waals surface area contributed by atoms with E-state index in [2.05, 4.69) is 57.2 Å². The van der Waals surface area contributed by atoms with E-state index < -0.39 is 0 Å². The van der Waals surface area contributed by atoms with Crippen LogP contribution in [0.3, 0.4) is 0 Å². The predicted octanol–water partition coefficient (Wildman–Crippen LogP) is 5.19. The lowest BCUT2D eigenvalue weighted by Crippen LogP contribution is -1.90. The third kappa shape index (κ3) is 2.53. The molecule has 88 valence electrons. The Balaban J connectivity index is 2.52. The zero-order valence-electron chi connectivity index (χ0n) is 10.5. The van der Waals surface area contributed by atoms with Crippen LogP contribution in [-0.4, -0.2) is 0 Å². The summed E-state index contributed by atoms with van der Waals surface area (Å²) >= 11 is 6.28. The van der Waals surface area contributed by atoms with Crippen LogP contribution in [0.1, 0.15) is 23.6 Å². The van der Waals surface area contributed by atoms with Crippen molar-refractivity contribution in [3.63, 3.8) is 0 Å². The topological polar surface area (TPSA) is 0 Å². The van der Waals surface area contributed by atoms with Gasteiger partial charge in [0.1, 0.15) is 0 Å². The van der Waals surface area contributed by atoms with E-state index in [0.717, 1.165) is 11.4 Å². The molecule has 0 fully saturated rings. The second-order valence-corrected chi connectivity index (χ2v) is 4.87. The molecule has 0 atom stereocenters. The largest absolute Gasteiger partial charge is 0.0840 e. The molecule has 0 amide bonds. The first-order chi connectivity index (χ1) is 8.11. The molecule has 17 heavy (non-hydrogen) atoms. The van der Waals surface area contributed by atoms with Gasteiger partial charge in [-0.05, 0) is 48.6 Å². The van der Waals surface area contributed by atoms with Gasteiger partial charge in [-0.1, -0.05) is 54.4 Å². The Morgan fingerprint density at radius 2 is 1.59 bits per heavy atom. The summed E-state index contributed by atoms with van der Waals surface area (Å²) in [5.41, 5.74) is 6.24. The first-order valence-electron chi connectivity index (χ1n) is 5.98. The predicted molar refractivity (Wildman–Crippen MR) is 75.7 cm³/mol. The summed E-state index contributed by atoms with van der Waals surface area (Å²) in [4.78, 5) is 0. The molecule has 0 aromatic heterocycles. The van der Waals surface area contributed by atoms with E-state index in [-0.39, 0.29) is 0 Å². The van der Waals surface area contributed by atoms with Crippen molar-refractivity contribution in [1.29, 1.82) is 0 Å². The van der Waals surface area contributed by atoms with Crippen LogP contribution < -0.4 is 0 Å². The Hall–Kier alpha value is -1.27. The molecule has 0 spiro atoms. The molecule has 0 aliphatic rings. The SMILES string of the molecule is CCc1cc(-c2ccc(C)cc2)cc(Cl)c1C. The molecule has 2 rings (SSSR count). The highest BCUT2D eigenvalue weighted by Gasteiger charge is 2.05. The molecule has 0 aliphatic carbocycles. The minimum atomic E-state index is 0.861. The summed E-state index contributed by atoms with van der Waals surface area (Å²) < 4.78 is 0. The number of benzene rings is 2. The third-order valence-electron chi connectivity index (χ3n) is 3.22. The normalized spacial score (nSPS) is 10.6. The van der Waals surface area contributed by atoms with E-state index in [9.17, 15) is 0 Å². The highest BCUT2D eigenvalue weighted by atomic mass is 35.5. The lowest BCUT2D eigenvalue weighted by atomic mass is 9.98. The lowest BCUT2D eigenvalue weighted by molar-refractivity contribution is 1.11. The highest BCUT2D eigenvalue weighted by molar-refractivity contribution is 6.31. The van der Waals surface area contributed by atoms with Crippen molar-refractivity contribution in [3.05, 3.63) is 58.1 Å². The molecule has 0 bridgehead atoms. The molecule has 0 saturated heterocycles. The van der Waals surface area contributed by atoms with Crippen LogP contribution in [-0.2, 0) is 6.42 Å². The second-order valence-electron chi connectivity index (χ2n) is 4.46. The maximum Gasteiger partial charge on any atom is 0.0444 e. The number of halogens is 1. The molecule has 0 nitrogen and oxygen atoms in total. The van der Waals surface area contributed by atoms with Crippen molar-refractivity contribution in [1.82, 2.24) is 0 Å². The first-order valence-corrected chi connectivity index (χ1v) is 6.35. The van der Waals surface area contributed by atoms with Gasteiger partial charge in [-0.3, -0.25) is 0 Å². The van der Waals surface area contributed by atoms with Crippen molar-refractivity contribution >= 4 is 11.6 Å². The van der Waals surface area contributed by atoms with Gasteiger partial charge in [0.15, 0.2) is 0 Å². The number of hydrogen-bond donors (Lipinski definition) is 0. The number of rotatable bonds is 2. The Morgan fingerprint density at radius 3 is 2.18 bits per heavy atom. The van der Waals surface area contributed by atoms with Crippen LogP contribution in [0.2, 0.25) is 5.02 Å². The van der Waals surface area contributed by atoms with E-state index >= 15 is 0 Å². The Kier molecular flexibility index (Phi) is 3.54. The fraction of sp³-hybridized carbons (Fsp3) is 0.250. The van der Waals surface area contributed by atoms with E-state index in [1.165, 1.54) is 27.8 Å². The maximum absolute atomic E-state index is 6.28. The monoisotopic (exact) mass is 244 g/mol. The average molecular weight is 245 g/mol. The molecule has 1 heteroatoms. The van der Waals surface area contributed by atoms with Gasteiger partial charge in [0.05, 0.1) is 0 Å². The third-order valence-corrected chi connectivity index (χ3v) is 3.61. The van der Waals surface area contributed by atoms with Gasteiger partial charge in [0, 0.05) is 5.02 Å². The molecular formula is C16H17Cl. The van der Waals surface area contributed by atoms with Gasteiger partial charge in [0.2, 0.25) is 0 Å². The van der Waals surface area contributed by atoms with Crippen LogP contribution in [0.4, 0.5) is 0 Å².